The van der Waals surface area contributed by atoms with Crippen LogP contribution in [0.1, 0.15) is 39.6 Å². The zero-order chi connectivity index (χ0) is 30.8. The molecule has 6 nitrogen and oxygen atoms in total. The minimum atomic E-state index is -0.768. The number of rotatable bonds is 7. The molecule has 7 heteroatoms. The molecular formula is C38H30FN5O. The van der Waals surface area contributed by atoms with E-state index in [1.54, 1.807) is 23.1 Å². The smallest absolute Gasteiger partial charge is 0.293 e. The van der Waals surface area contributed by atoms with Crippen LogP contribution in [0.2, 0.25) is 0 Å². The molecule has 1 aliphatic rings. The monoisotopic (exact) mass is 591 g/mol. The molecule has 220 valence electrons. The molecule has 6 aromatic rings. The van der Waals surface area contributed by atoms with Gasteiger partial charge < -0.3 is 10.3 Å². The van der Waals surface area contributed by atoms with Crippen molar-refractivity contribution in [3.05, 3.63) is 191 Å². The van der Waals surface area contributed by atoms with E-state index in [1.807, 2.05) is 91.4 Å². The van der Waals surface area contributed by atoms with Crippen molar-refractivity contribution in [1.29, 1.82) is 0 Å². The fourth-order valence-electron chi connectivity index (χ4n) is 6.34. The van der Waals surface area contributed by atoms with Crippen LogP contribution < -0.4 is 10.6 Å². The van der Waals surface area contributed by atoms with Crippen molar-refractivity contribution in [2.75, 3.05) is 4.90 Å². The van der Waals surface area contributed by atoms with Crippen LogP contribution in [-0.2, 0) is 16.9 Å². The number of anilines is 1. The molecule has 5 aromatic carbocycles. The van der Waals surface area contributed by atoms with Crippen molar-refractivity contribution in [2.45, 2.75) is 18.1 Å². The molecule has 1 aromatic heterocycles. The van der Waals surface area contributed by atoms with Gasteiger partial charge in [-0.2, -0.15) is 0 Å². The number of fused-ring (bicyclic) bond motifs is 1. The predicted octanol–water partition coefficient (Wildman–Crippen LogP) is 6.86. The first kappa shape index (κ1) is 28.0. The van der Waals surface area contributed by atoms with Crippen LogP contribution in [0.4, 0.5) is 10.1 Å². The quantitative estimate of drug-likeness (QED) is 0.206. The topological polar surface area (TPSA) is 76.5 Å². The number of imidazole rings is 1. The molecule has 0 saturated carbocycles. The number of carbonyl (C=O) groups is 1. The summed E-state index contributed by atoms with van der Waals surface area (Å²) in [6.07, 6.45) is 3.80. The van der Waals surface area contributed by atoms with Gasteiger partial charge in [0.25, 0.3) is 5.91 Å². The molecule has 1 aliphatic heterocycles. The largest absolute Gasteiger partial charge is 0.379 e. The summed E-state index contributed by atoms with van der Waals surface area (Å²) in [6, 6.07) is 44.0. The standard InChI is InChI=1S/C38H30FN5O/c39-33-22-12-10-20-31(33)35-32-21-11-13-23-34(32)44(37(45)36(40)42-35)25-30-24-43(26-41-30)38(27-14-4-1-5-15-27,28-16-6-2-7-17-28)29-18-8-3-9-19-29/h1-24,26,35H,25H2,(H2,40,42). The minimum Gasteiger partial charge on any atom is -0.379 e. The van der Waals surface area contributed by atoms with Crippen LogP contribution in [0, 0.1) is 5.82 Å². The lowest BCUT2D eigenvalue weighted by molar-refractivity contribution is -0.112. The van der Waals surface area contributed by atoms with Gasteiger partial charge in [0.15, 0.2) is 5.84 Å². The van der Waals surface area contributed by atoms with Crippen LogP contribution >= 0.6 is 0 Å². The Balaban J connectivity index is 1.35. The first-order valence-electron chi connectivity index (χ1n) is 14.8. The lowest BCUT2D eigenvalue weighted by Crippen LogP contribution is -2.39. The number of benzene rings is 5. The van der Waals surface area contributed by atoms with E-state index in [4.69, 9.17) is 10.7 Å². The Morgan fingerprint density at radius 3 is 1.78 bits per heavy atom. The van der Waals surface area contributed by atoms with Gasteiger partial charge >= 0.3 is 0 Å². The Kier molecular flexibility index (Phi) is 7.27. The van der Waals surface area contributed by atoms with Gasteiger partial charge in [0, 0.05) is 17.3 Å². The summed E-state index contributed by atoms with van der Waals surface area (Å²) in [6.45, 7) is 0.136. The van der Waals surface area contributed by atoms with Crippen LogP contribution in [0.3, 0.4) is 0 Å². The van der Waals surface area contributed by atoms with E-state index in [2.05, 4.69) is 46.0 Å². The molecule has 2 heterocycles. The lowest BCUT2D eigenvalue weighted by atomic mass is 9.77. The number of amides is 1. The van der Waals surface area contributed by atoms with Gasteiger partial charge in [-0.1, -0.05) is 127 Å². The third-order valence-corrected chi connectivity index (χ3v) is 8.37. The predicted molar refractivity (Wildman–Crippen MR) is 174 cm³/mol. The zero-order valence-electron chi connectivity index (χ0n) is 24.4. The first-order chi connectivity index (χ1) is 22.1. The molecule has 0 spiro atoms. The Labute approximate surface area is 260 Å². The average Bonchev–Trinajstić information content (AvgIpc) is 3.53. The van der Waals surface area contributed by atoms with Crippen molar-refractivity contribution in [2.24, 2.45) is 10.7 Å². The fraction of sp³-hybridized carbons (Fsp3) is 0.0789. The Bertz CT molecular complexity index is 1890. The van der Waals surface area contributed by atoms with Gasteiger partial charge in [0.05, 0.1) is 24.3 Å². The second-order valence-corrected chi connectivity index (χ2v) is 11.0. The summed E-state index contributed by atoms with van der Waals surface area (Å²) in [4.78, 5) is 24.7. The molecular weight excluding hydrogens is 561 g/mol. The molecule has 1 unspecified atom stereocenters. The van der Waals surface area contributed by atoms with Gasteiger partial charge in [0.2, 0.25) is 0 Å². The molecule has 0 radical (unpaired) electrons. The molecule has 0 fully saturated rings. The second kappa shape index (κ2) is 11.7. The summed E-state index contributed by atoms with van der Waals surface area (Å²) >= 11 is 0. The van der Waals surface area contributed by atoms with E-state index in [0.717, 1.165) is 16.7 Å². The third kappa shape index (κ3) is 4.88. The number of para-hydroxylation sites is 1. The van der Waals surface area contributed by atoms with Crippen molar-refractivity contribution >= 4 is 17.4 Å². The van der Waals surface area contributed by atoms with Crippen LogP contribution in [-0.4, -0.2) is 21.3 Å². The molecule has 0 bridgehead atoms. The summed E-state index contributed by atoms with van der Waals surface area (Å²) < 4.78 is 17.1. The first-order valence-corrected chi connectivity index (χ1v) is 14.8. The number of carbonyl (C=O) groups excluding carboxylic acids is 1. The van der Waals surface area contributed by atoms with Crippen molar-refractivity contribution < 1.29 is 9.18 Å². The number of amidine groups is 1. The van der Waals surface area contributed by atoms with E-state index in [-0.39, 0.29) is 12.4 Å². The van der Waals surface area contributed by atoms with Gasteiger partial charge in [-0.15, -0.1) is 0 Å². The molecule has 1 atom stereocenters. The summed E-state index contributed by atoms with van der Waals surface area (Å²) in [5.41, 5.74) is 11.0. The van der Waals surface area contributed by atoms with Crippen molar-refractivity contribution in [3.8, 4) is 0 Å². The van der Waals surface area contributed by atoms with Gasteiger partial charge in [-0.05, 0) is 28.8 Å². The summed E-state index contributed by atoms with van der Waals surface area (Å²) in [7, 11) is 0. The van der Waals surface area contributed by atoms with E-state index in [9.17, 15) is 9.18 Å². The van der Waals surface area contributed by atoms with E-state index in [0.29, 0.717) is 22.5 Å². The summed E-state index contributed by atoms with van der Waals surface area (Å²) in [5, 5.41) is 0. The van der Waals surface area contributed by atoms with Crippen molar-refractivity contribution in [3.63, 3.8) is 0 Å². The SMILES string of the molecule is NC1=NC(c2ccccc2F)c2ccccc2N(Cc2cn(C(c3ccccc3)(c3ccccc3)c3ccccc3)cn2)C1=O. The molecule has 0 aliphatic carbocycles. The fourth-order valence-corrected chi connectivity index (χ4v) is 6.34. The Hall–Kier alpha value is -5.82. The third-order valence-electron chi connectivity index (χ3n) is 8.37. The zero-order valence-corrected chi connectivity index (χ0v) is 24.4. The number of hydrogen-bond acceptors (Lipinski definition) is 4. The number of halogens is 1. The maximum atomic E-state index is 15.0. The number of nitrogens with two attached hydrogens (primary N) is 1. The molecule has 0 saturated heterocycles. The highest BCUT2D eigenvalue weighted by atomic mass is 19.1. The maximum Gasteiger partial charge on any atom is 0.293 e. The summed E-state index contributed by atoms with van der Waals surface area (Å²) in [5.74, 6) is -1.06. The van der Waals surface area contributed by atoms with Crippen LogP contribution in [0.25, 0.3) is 0 Å². The normalized spacial score (nSPS) is 14.9. The van der Waals surface area contributed by atoms with Gasteiger partial charge in [0.1, 0.15) is 17.4 Å². The molecule has 7 rings (SSSR count). The number of aromatic nitrogens is 2. The van der Waals surface area contributed by atoms with E-state index in [1.165, 1.54) is 6.07 Å². The van der Waals surface area contributed by atoms with Crippen LogP contribution in [0.5, 0.6) is 0 Å². The lowest BCUT2D eigenvalue weighted by Gasteiger charge is -2.37. The number of hydrogen-bond donors (Lipinski definition) is 1. The van der Waals surface area contributed by atoms with Gasteiger partial charge in [-0.3, -0.25) is 14.7 Å². The minimum absolute atomic E-state index is 0.136. The highest BCUT2D eigenvalue weighted by Gasteiger charge is 2.39. The molecule has 45 heavy (non-hydrogen) atoms. The van der Waals surface area contributed by atoms with Gasteiger partial charge in [-0.25, -0.2) is 9.37 Å². The average molecular weight is 592 g/mol. The highest BCUT2D eigenvalue weighted by Crippen LogP contribution is 2.41. The maximum absolute atomic E-state index is 15.0. The highest BCUT2D eigenvalue weighted by molar-refractivity contribution is 6.42. The number of nitrogens with zero attached hydrogens (tertiary/aromatic N) is 4. The second-order valence-electron chi connectivity index (χ2n) is 11.0. The molecule has 2 N–H and O–H groups in total. The van der Waals surface area contributed by atoms with Crippen molar-refractivity contribution in [1.82, 2.24) is 9.55 Å². The molecule has 1 amide bonds. The van der Waals surface area contributed by atoms with E-state index >= 15 is 0 Å². The Morgan fingerprint density at radius 2 is 1.20 bits per heavy atom. The Morgan fingerprint density at radius 1 is 0.689 bits per heavy atom. The van der Waals surface area contributed by atoms with E-state index < -0.39 is 23.3 Å². The van der Waals surface area contributed by atoms with Crippen LogP contribution in [0.15, 0.2) is 157 Å². The number of aliphatic imine (C=N–C) groups is 1.